The molecule has 0 bridgehead atoms. The lowest BCUT2D eigenvalue weighted by Crippen LogP contribution is -2.42. The Balaban J connectivity index is 1.58. The van der Waals surface area contributed by atoms with Crippen molar-refractivity contribution in [3.05, 3.63) is 59.7 Å². The van der Waals surface area contributed by atoms with Crippen molar-refractivity contribution < 1.29 is 14.3 Å². The lowest BCUT2D eigenvalue weighted by molar-refractivity contribution is 0.0859. The fraction of sp³-hybridized carbons (Fsp3) is 0.364. The molecule has 1 heterocycles. The molecule has 2 amide bonds. The van der Waals surface area contributed by atoms with Crippen LogP contribution in [0.15, 0.2) is 48.5 Å². The summed E-state index contributed by atoms with van der Waals surface area (Å²) in [5, 5.41) is 2.95. The van der Waals surface area contributed by atoms with Crippen LogP contribution in [0.25, 0.3) is 0 Å². The van der Waals surface area contributed by atoms with Crippen molar-refractivity contribution >= 4 is 17.5 Å². The van der Waals surface area contributed by atoms with Crippen LogP contribution in [0.5, 0.6) is 5.75 Å². The van der Waals surface area contributed by atoms with Gasteiger partial charge in [0, 0.05) is 24.6 Å². The van der Waals surface area contributed by atoms with Gasteiger partial charge in [-0.05, 0) is 44.4 Å². The van der Waals surface area contributed by atoms with Crippen LogP contribution >= 0.6 is 0 Å². The Hall–Kier alpha value is -2.82. The molecule has 0 unspecified atom stereocenters. The molecule has 1 aliphatic rings. The van der Waals surface area contributed by atoms with Gasteiger partial charge in [-0.3, -0.25) is 4.79 Å². The number of nitrogens with zero attached hydrogens (tertiary/aromatic N) is 1. The fourth-order valence-electron chi connectivity index (χ4n) is 3.38. The molecule has 3 rings (SSSR count). The van der Waals surface area contributed by atoms with Crippen LogP contribution in [0, 0.1) is 12.8 Å². The summed E-state index contributed by atoms with van der Waals surface area (Å²) in [6.07, 6.45) is 1.38. The molecule has 2 aromatic rings. The molecule has 1 aliphatic heterocycles. The molecule has 0 radical (unpaired) electrons. The second-order valence-corrected chi connectivity index (χ2v) is 6.85. The highest BCUT2D eigenvalue weighted by molar-refractivity contribution is 5.98. The second kappa shape index (κ2) is 8.71. The molecule has 1 N–H and O–H groups in total. The topological polar surface area (TPSA) is 58.6 Å². The van der Waals surface area contributed by atoms with E-state index in [9.17, 15) is 9.59 Å². The van der Waals surface area contributed by atoms with Crippen molar-refractivity contribution in [1.82, 2.24) is 4.90 Å². The first-order valence-corrected chi connectivity index (χ1v) is 9.47. The summed E-state index contributed by atoms with van der Waals surface area (Å²) in [6.45, 7) is 5.60. The SMILES string of the molecule is CCOc1cc(C)ccc1NC(=O)N1CCC(C(=O)c2ccccc2)CC1. The molecule has 0 aromatic heterocycles. The van der Waals surface area contributed by atoms with Gasteiger partial charge in [0.15, 0.2) is 5.78 Å². The Morgan fingerprint density at radius 3 is 2.48 bits per heavy atom. The fourth-order valence-corrected chi connectivity index (χ4v) is 3.38. The quantitative estimate of drug-likeness (QED) is 0.792. The van der Waals surface area contributed by atoms with Crippen molar-refractivity contribution in [2.45, 2.75) is 26.7 Å². The monoisotopic (exact) mass is 366 g/mol. The molecule has 0 spiro atoms. The number of ether oxygens (including phenoxy) is 1. The van der Waals surface area contributed by atoms with Gasteiger partial charge in [0.25, 0.3) is 0 Å². The third kappa shape index (κ3) is 4.67. The van der Waals surface area contributed by atoms with E-state index in [1.807, 2.05) is 62.4 Å². The minimum Gasteiger partial charge on any atom is -0.492 e. The predicted molar refractivity (Wildman–Crippen MR) is 106 cm³/mol. The standard InChI is InChI=1S/C22H26N2O3/c1-3-27-20-15-16(2)9-10-19(20)23-22(26)24-13-11-18(12-14-24)21(25)17-7-5-4-6-8-17/h4-10,15,18H,3,11-14H2,1-2H3,(H,23,26). The lowest BCUT2D eigenvalue weighted by atomic mass is 9.89. The van der Waals surface area contributed by atoms with Crippen LogP contribution in [-0.2, 0) is 0 Å². The summed E-state index contributed by atoms with van der Waals surface area (Å²) in [7, 11) is 0. The van der Waals surface area contributed by atoms with E-state index in [4.69, 9.17) is 4.74 Å². The maximum absolute atomic E-state index is 12.6. The summed E-state index contributed by atoms with van der Waals surface area (Å²) in [5.41, 5.74) is 2.51. The number of likely N-dealkylation sites (tertiary alicyclic amines) is 1. The Bertz CT molecular complexity index is 796. The summed E-state index contributed by atoms with van der Waals surface area (Å²) >= 11 is 0. The van der Waals surface area contributed by atoms with E-state index < -0.39 is 0 Å². The molecule has 5 nitrogen and oxygen atoms in total. The lowest BCUT2D eigenvalue weighted by Gasteiger charge is -2.31. The van der Waals surface area contributed by atoms with Gasteiger partial charge >= 0.3 is 6.03 Å². The van der Waals surface area contributed by atoms with E-state index in [-0.39, 0.29) is 17.7 Å². The van der Waals surface area contributed by atoms with E-state index in [0.717, 1.165) is 11.1 Å². The molecule has 0 saturated carbocycles. The third-order valence-electron chi connectivity index (χ3n) is 4.89. The number of anilines is 1. The third-order valence-corrected chi connectivity index (χ3v) is 4.89. The molecule has 1 saturated heterocycles. The number of rotatable bonds is 5. The van der Waals surface area contributed by atoms with Gasteiger partial charge in [-0.2, -0.15) is 0 Å². The van der Waals surface area contributed by atoms with Crippen molar-refractivity contribution in [2.24, 2.45) is 5.92 Å². The number of ketones is 1. The van der Waals surface area contributed by atoms with Crippen LogP contribution in [0.4, 0.5) is 10.5 Å². The highest BCUT2D eigenvalue weighted by Gasteiger charge is 2.28. The van der Waals surface area contributed by atoms with Crippen molar-refractivity contribution in [1.29, 1.82) is 0 Å². The van der Waals surface area contributed by atoms with E-state index in [1.165, 1.54) is 0 Å². The van der Waals surface area contributed by atoms with E-state index in [2.05, 4.69) is 5.32 Å². The largest absolute Gasteiger partial charge is 0.492 e. The highest BCUT2D eigenvalue weighted by Crippen LogP contribution is 2.27. The molecule has 0 aliphatic carbocycles. The zero-order valence-corrected chi connectivity index (χ0v) is 15.9. The molecule has 1 fully saturated rings. The van der Waals surface area contributed by atoms with Gasteiger partial charge < -0.3 is 15.0 Å². The molecule has 27 heavy (non-hydrogen) atoms. The number of Topliss-reactive ketones (excluding diaryl/α,β-unsaturated/α-hetero) is 1. The predicted octanol–water partition coefficient (Wildman–Crippen LogP) is 4.52. The smallest absolute Gasteiger partial charge is 0.321 e. The normalized spacial score (nSPS) is 14.7. The van der Waals surface area contributed by atoms with E-state index >= 15 is 0 Å². The molecule has 5 heteroatoms. The first-order valence-electron chi connectivity index (χ1n) is 9.47. The average molecular weight is 366 g/mol. The summed E-state index contributed by atoms with van der Waals surface area (Å²) in [5.74, 6) is 0.836. The zero-order valence-electron chi connectivity index (χ0n) is 15.9. The molecule has 2 aromatic carbocycles. The highest BCUT2D eigenvalue weighted by atomic mass is 16.5. The number of hydrogen-bond donors (Lipinski definition) is 1. The Morgan fingerprint density at radius 2 is 1.81 bits per heavy atom. The number of nitrogens with one attached hydrogen (secondary N) is 1. The van der Waals surface area contributed by atoms with Gasteiger partial charge in [-0.15, -0.1) is 0 Å². The van der Waals surface area contributed by atoms with Gasteiger partial charge in [0.2, 0.25) is 0 Å². The van der Waals surface area contributed by atoms with Crippen LogP contribution in [0.3, 0.4) is 0 Å². The Labute approximate surface area is 160 Å². The number of urea groups is 1. The van der Waals surface area contributed by atoms with Crippen LogP contribution in [0.1, 0.15) is 35.7 Å². The van der Waals surface area contributed by atoms with Crippen molar-refractivity contribution in [3.8, 4) is 5.75 Å². The van der Waals surface area contributed by atoms with Gasteiger partial charge in [0.1, 0.15) is 5.75 Å². The number of benzene rings is 2. The first kappa shape index (κ1) is 19.0. The number of carbonyl (C=O) groups is 2. The number of amides is 2. The zero-order chi connectivity index (χ0) is 19.2. The Morgan fingerprint density at radius 1 is 1.11 bits per heavy atom. The van der Waals surface area contributed by atoms with Crippen LogP contribution < -0.4 is 10.1 Å². The summed E-state index contributed by atoms with van der Waals surface area (Å²) < 4.78 is 5.63. The first-order chi connectivity index (χ1) is 13.1. The number of carbonyl (C=O) groups excluding carboxylic acids is 2. The second-order valence-electron chi connectivity index (χ2n) is 6.85. The maximum Gasteiger partial charge on any atom is 0.321 e. The minimum absolute atomic E-state index is 0.0187. The molecular formula is C22H26N2O3. The summed E-state index contributed by atoms with van der Waals surface area (Å²) in [4.78, 5) is 27.0. The average Bonchev–Trinajstić information content (AvgIpc) is 2.70. The van der Waals surface area contributed by atoms with Crippen LogP contribution in [-0.4, -0.2) is 36.4 Å². The summed E-state index contributed by atoms with van der Waals surface area (Å²) in [6, 6.07) is 15.0. The van der Waals surface area contributed by atoms with E-state index in [1.54, 1.807) is 4.90 Å². The Kier molecular flexibility index (Phi) is 6.12. The van der Waals surface area contributed by atoms with Gasteiger partial charge in [-0.25, -0.2) is 4.79 Å². The number of aryl methyl sites for hydroxylation is 1. The van der Waals surface area contributed by atoms with Gasteiger partial charge in [0.05, 0.1) is 12.3 Å². The molecule has 0 atom stereocenters. The minimum atomic E-state index is -0.148. The van der Waals surface area contributed by atoms with Crippen molar-refractivity contribution in [2.75, 3.05) is 25.0 Å². The molecular weight excluding hydrogens is 340 g/mol. The van der Waals surface area contributed by atoms with Crippen molar-refractivity contribution in [3.63, 3.8) is 0 Å². The van der Waals surface area contributed by atoms with E-state index in [0.29, 0.717) is 44.0 Å². The molecule has 142 valence electrons. The number of piperidine rings is 1. The van der Waals surface area contributed by atoms with Gasteiger partial charge in [-0.1, -0.05) is 36.4 Å². The number of hydrogen-bond acceptors (Lipinski definition) is 3. The maximum atomic E-state index is 12.6. The van der Waals surface area contributed by atoms with Crippen LogP contribution in [0.2, 0.25) is 0 Å².